The fourth-order valence-electron chi connectivity index (χ4n) is 2.81. The maximum Gasteiger partial charge on any atom is 0.161 e. The Balaban J connectivity index is 0.00000225. The van der Waals surface area contributed by atoms with Gasteiger partial charge in [-0.25, -0.2) is 0 Å². The number of nitrogens with one attached hydrogen (secondary N) is 1. The van der Waals surface area contributed by atoms with Crippen molar-refractivity contribution in [2.75, 3.05) is 13.2 Å². The summed E-state index contributed by atoms with van der Waals surface area (Å²) in [5, 5.41) is 13.8. The van der Waals surface area contributed by atoms with Gasteiger partial charge < -0.3 is 19.9 Å². The number of benzene rings is 2. The third-order valence-corrected chi connectivity index (χ3v) is 4.34. The van der Waals surface area contributed by atoms with Gasteiger partial charge in [0.1, 0.15) is 12.7 Å². The van der Waals surface area contributed by atoms with E-state index in [9.17, 15) is 5.11 Å². The van der Waals surface area contributed by atoms with Crippen LogP contribution < -0.4 is 14.8 Å². The number of aliphatic hydroxyl groups is 1. The zero-order valence-electron chi connectivity index (χ0n) is 14.4. The minimum Gasteiger partial charge on any atom is -0.486 e. The first-order valence-corrected chi connectivity index (χ1v) is 8.56. The average molecular weight is 364 g/mol. The molecule has 0 radical (unpaired) electrons. The van der Waals surface area contributed by atoms with Crippen LogP contribution in [0, 0.1) is 0 Å². The van der Waals surface area contributed by atoms with Crippen molar-refractivity contribution < 1.29 is 14.6 Å². The molecule has 0 fully saturated rings. The van der Waals surface area contributed by atoms with Crippen LogP contribution in [0.1, 0.15) is 18.9 Å². The standard InChI is InChI=1S/C20H25NO3.ClH/c1-15(11-12-16-7-3-2-4-8-16)21-13-17(22)20-14-23-18-9-5-6-10-19(18)24-20;/h2-10,15,17,20-22H,11-14H2,1H3;1H. The Kier molecular flexibility index (Phi) is 7.56. The average Bonchev–Trinajstić information content (AvgIpc) is 2.65. The molecule has 0 amide bonds. The van der Waals surface area contributed by atoms with E-state index >= 15 is 0 Å². The maximum atomic E-state index is 10.4. The highest BCUT2D eigenvalue weighted by molar-refractivity contribution is 5.85. The van der Waals surface area contributed by atoms with Gasteiger partial charge in [-0.1, -0.05) is 42.5 Å². The van der Waals surface area contributed by atoms with Crippen molar-refractivity contribution in [2.45, 2.75) is 38.0 Å². The Bertz CT molecular complexity index is 638. The number of fused-ring (bicyclic) bond motifs is 1. The van der Waals surface area contributed by atoms with Gasteiger partial charge in [-0.05, 0) is 37.5 Å². The molecule has 1 aliphatic heterocycles. The molecule has 0 bridgehead atoms. The summed E-state index contributed by atoms with van der Waals surface area (Å²) in [6.45, 7) is 3.01. The van der Waals surface area contributed by atoms with Crippen LogP contribution in [0.5, 0.6) is 11.5 Å². The molecule has 4 nitrogen and oxygen atoms in total. The van der Waals surface area contributed by atoms with Gasteiger partial charge in [-0.2, -0.15) is 0 Å². The largest absolute Gasteiger partial charge is 0.486 e. The van der Waals surface area contributed by atoms with Gasteiger partial charge in [-0.15, -0.1) is 12.4 Å². The topological polar surface area (TPSA) is 50.7 Å². The molecule has 136 valence electrons. The molecule has 25 heavy (non-hydrogen) atoms. The number of aliphatic hydroxyl groups excluding tert-OH is 1. The van der Waals surface area contributed by atoms with Gasteiger partial charge in [0.25, 0.3) is 0 Å². The SMILES string of the molecule is CC(CCc1ccccc1)NCC(O)C1COc2ccccc2O1.Cl. The van der Waals surface area contributed by atoms with Crippen LogP contribution in [0.3, 0.4) is 0 Å². The molecule has 0 aromatic heterocycles. The Labute approximate surface area is 155 Å². The monoisotopic (exact) mass is 363 g/mol. The number of hydrogen-bond donors (Lipinski definition) is 2. The lowest BCUT2D eigenvalue weighted by molar-refractivity contribution is -0.0100. The van der Waals surface area contributed by atoms with Crippen molar-refractivity contribution >= 4 is 12.4 Å². The fourth-order valence-corrected chi connectivity index (χ4v) is 2.81. The molecular weight excluding hydrogens is 338 g/mol. The van der Waals surface area contributed by atoms with Crippen LogP contribution in [0.4, 0.5) is 0 Å². The smallest absolute Gasteiger partial charge is 0.161 e. The highest BCUT2D eigenvalue weighted by Gasteiger charge is 2.27. The zero-order chi connectivity index (χ0) is 16.8. The highest BCUT2D eigenvalue weighted by Crippen LogP contribution is 2.31. The molecule has 3 atom stereocenters. The fraction of sp³-hybridized carbons (Fsp3) is 0.400. The molecule has 3 unspecified atom stereocenters. The van der Waals surface area contributed by atoms with Crippen LogP contribution in [0.15, 0.2) is 54.6 Å². The first-order valence-electron chi connectivity index (χ1n) is 8.56. The van der Waals surface area contributed by atoms with Crippen LogP contribution in [-0.4, -0.2) is 36.5 Å². The van der Waals surface area contributed by atoms with E-state index in [0.717, 1.165) is 18.6 Å². The third-order valence-electron chi connectivity index (χ3n) is 4.34. The van der Waals surface area contributed by atoms with E-state index in [1.165, 1.54) is 5.56 Å². The van der Waals surface area contributed by atoms with Gasteiger partial charge in [-0.3, -0.25) is 0 Å². The predicted molar refractivity (Wildman–Crippen MR) is 102 cm³/mol. The van der Waals surface area contributed by atoms with Crippen molar-refractivity contribution in [3.8, 4) is 11.5 Å². The second kappa shape index (κ2) is 9.66. The summed E-state index contributed by atoms with van der Waals surface area (Å²) < 4.78 is 11.5. The molecule has 1 heterocycles. The molecular formula is C20H26ClNO3. The first-order chi connectivity index (χ1) is 11.7. The molecule has 1 aliphatic rings. The van der Waals surface area contributed by atoms with E-state index < -0.39 is 6.10 Å². The van der Waals surface area contributed by atoms with Crippen molar-refractivity contribution in [3.63, 3.8) is 0 Å². The summed E-state index contributed by atoms with van der Waals surface area (Å²) in [7, 11) is 0. The van der Waals surface area contributed by atoms with Crippen molar-refractivity contribution in [1.29, 1.82) is 0 Å². The van der Waals surface area contributed by atoms with Crippen LogP contribution in [0.2, 0.25) is 0 Å². The number of halogens is 1. The predicted octanol–water partition coefficient (Wildman–Crippen LogP) is 3.22. The Hall–Kier alpha value is -1.75. The number of rotatable bonds is 7. The van der Waals surface area contributed by atoms with E-state index in [2.05, 4.69) is 36.5 Å². The molecule has 3 rings (SSSR count). The summed E-state index contributed by atoms with van der Waals surface area (Å²) in [5.74, 6) is 1.44. The zero-order valence-corrected chi connectivity index (χ0v) is 15.2. The van der Waals surface area contributed by atoms with Gasteiger partial charge >= 0.3 is 0 Å². The third kappa shape index (κ3) is 5.63. The van der Waals surface area contributed by atoms with Gasteiger partial charge in [0.05, 0.1) is 0 Å². The molecule has 0 aliphatic carbocycles. The molecule has 2 N–H and O–H groups in total. The molecule has 2 aromatic rings. The molecule has 2 aromatic carbocycles. The minimum atomic E-state index is -0.600. The lowest BCUT2D eigenvalue weighted by atomic mass is 10.1. The second-order valence-electron chi connectivity index (χ2n) is 6.31. The minimum absolute atomic E-state index is 0. The summed E-state index contributed by atoms with van der Waals surface area (Å²) in [6.07, 6.45) is 1.12. The quantitative estimate of drug-likeness (QED) is 0.793. The summed E-state index contributed by atoms with van der Waals surface area (Å²) in [6, 6.07) is 18.3. The summed E-state index contributed by atoms with van der Waals surface area (Å²) >= 11 is 0. The molecule has 5 heteroatoms. The van der Waals surface area contributed by atoms with Crippen molar-refractivity contribution in [1.82, 2.24) is 5.32 Å². The summed E-state index contributed by atoms with van der Waals surface area (Å²) in [5.41, 5.74) is 1.34. The van der Waals surface area contributed by atoms with E-state index in [1.54, 1.807) is 0 Å². The number of hydrogen-bond acceptors (Lipinski definition) is 4. The van der Waals surface area contributed by atoms with E-state index in [0.29, 0.717) is 24.9 Å². The van der Waals surface area contributed by atoms with Gasteiger partial charge in [0.15, 0.2) is 17.6 Å². The van der Waals surface area contributed by atoms with Gasteiger partial charge in [0, 0.05) is 12.6 Å². The van der Waals surface area contributed by atoms with Crippen molar-refractivity contribution in [2.24, 2.45) is 0 Å². The second-order valence-corrected chi connectivity index (χ2v) is 6.31. The highest BCUT2D eigenvalue weighted by atomic mass is 35.5. The maximum absolute atomic E-state index is 10.4. The Morgan fingerprint density at radius 1 is 1.08 bits per heavy atom. The van der Waals surface area contributed by atoms with Crippen LogP contribution in [0.25, 0.3) is 0 Å². The summed E-state index contributed by atoms with van der Waals surface area (Å²) in [4.78, 5) is 0. The molecule has 0 spiro atoms. The number of aryl methyl sites for hydroxylation is 1. The van der Waals surface area contributed by atoms with E-state index in [-0.39, 0.29) is 18.5 Å². The normalized spacial score (nSPS) is 18.1. The van der Waals surface area contributed by atoms with Crippen LogP contribution in [-0.2, 0) is 6.42 Å². The number of para-hydroxylation sites is 2. The lowest BCUT2D eigenvalue weighted by Crippen LogP contribution is -2.46. The van der Waals surface area contributed by atoms with E-state index in [4.69, 9.17) is 9.47 Å². The lowest BCUT2D eigenvalue weighted by Gasteiger charge is -2.30. The van der Waals surface area contributed by atoms with Gasteiger partial charge in [0.2, 0.25) is 0 Å². The molecule has 0 saturated carbocycles. The first kappa shape index (κ1) is 19.6. The molecule has 0 saturated heterocycles. The van der Waals surface area contributed by atoms with E-state index in [1.807, 2.05) is 30.3 Å². The Morgan fingerprint density at radius 2 is 1.76 bits per heavy atom. The van der Waals surface area contributed by atoms with Crippen molar-refractivity contribution in [3.05, 3.63) is 60.2 Å². The number of ether oxygens (including phenoxy) is 2. The Morgan fingerprint density at radius 3 is 2.52 bits per heavy atom. The van der Waals surface area contributed by atoms with Crippen LogP contribution >= 0.6 is 12.4 Å².